The second-order valence-electron chi connectivity index (χ2n) is 6.95. The molecule has 0 aliphatic heterocycles. The summed E-state index contributed by atoms with van der Waals surface area (Å²) in [5.74, 6) is 2.26. The summed E-state index contributed by atoms with van der Waals surface area (Å²) in [6, 6.07) is 8.52. The normalized spacial score (nSPS) is 25.3. The van der Waals surface area contributed by atoms with E-state index in [0.717, 1.165) is 30.7 Å². The van der Waals surface area contributed by atoms with E-state index >= 15 is 0 Å². The number of aryl methyl sites for hydroxylation is 1. The predicted octanol–water partition coefficient (Wildman–Crippen LogP) is 3.36. The summed E-state index contributed by atoms with van der Waals surface area (Å²) in [5, 5.41) is 8.41. The molecule has 23 heavy (non-hydrogen) atoms. The fourth-order valence-corrected chi connectivity index (χ4v) is 3.76. The molecule has 120 valence electrons. The molecule has 2 aromatic rings. The summed E-state index contributed by atoms with van der Waals surface area (Å²) < 4.78 is 7.76. The molecule has 2 unspecified atom stereocenters. The van der Waals surface area contributed by atoms with Gasteiger partial charge in [0, 0.05) is 0 Å². The van der Waals surface area contributed by atoms with Crippen LogP contribution in [-0.4, -0.2) is 21.6 Å². The molecule has 0 N–H and O–H groups in total. The van der Waals surface area contributed by atoms with E-state index < -0.39 is 0 Å². The minimum absolute atomic E-state index is 0.561. The molecule has 1 aromatic heterocycles. The summed E-state index contributed by atoms with van der Waals surface area (Å²) in [7, 11) is 0. The van der Waals surface area contributed by atoms with E-state index in [4.69, 9.17) is 4.74 Å². The van der Waals surface area contributed by atoms with E-state index in [1.807, 2.05) is 10.9 Å². The first kappa shape index (κ1) is 14.6. The average molecular weight is 309 g/mol. The average Bonchev–Trinajstić information content (AvgIpc) is 3.27. The smallest absolute Gasteiger partial charge is 0.108 e. The van der Waals surface area contributed by atoms with E-state index in [0.29, 0.717) is 12.5 Å². The fraction of sp³-hybridized carbons (Fsp3) is 0.474. The lowest BCUT2D eigenvalue weighted by molar-refractivity contribution is 0.0768. The van der Waals surface area contributed by atoms with E-state index in [1.165, 1.54) is 24.0 Å². The maximum atomic E-state index is 5.89. The van der Waals surface area contributed by atoms with Gasteiger partial charge in [0.15, 0.2) is 0 Å². The number of ether oxygens (including phenoxy) is 1. The van der Waals surface area contributed by atoms with Gasteiger partial charge in [-0.05, 0) is 43.1 Å². The molecule has 1 heterocycles. The predicted molar refractivity (Wildman–Crippen MR) is 88.8 cm³/mol. The molecule has 3 atom stereocenters. The molecular weight excluding hydrogens is 286 g/mol. The Balaban J connectivity index is 1.26. The van der Waals surface area contributed by atoms with E-state index in [2.05, 4.69) is 53.7 Å². The fourth-order valence-electron chi connectivity index (χ4n) is 3.76. The third-order valence-electron chi connectivity index (χ3n) is 5.05. The van der Waals surface area contributed by atoms with Crippen molar-refractivity contribution in [3.8, 4) is 0 Å². The third kappa shape index (κ3) is 3.37. The van der Waals surface area contributed by atoms with Gasteiger partial charge < -0.3 is 4.74 Å². The zero-order valence-electron chi connectivity index (χ0n) is 13.6. The zero-order chi connectivity index (χ0) is 15.6. The molecule has 0 radical (unpaired) electrons. The van der Waals surface area contributed by atoms with Crippen LogP contribution >= 0.6 is 0 Å². The Morgan fingerprint density at radius 3 is 2.78 bits per heavy atom. The molecule has 4 heteroatoms. The van der Waals surface area contributed by atoms with Gasteiger partial charge in [-0.2, -0.15) is 0 Å². The Morgan fingerprint density at radius 2 is 2.04 bits per heavy atom. The molecule has 0 spiro atoms. The second kappa shape index (κ2) is 6.28. The number of benzene rings is 1. The minimum Gasteiger partial charge on any atom is -0.375 e. The van der Waals surface area contributed by atoms with Crippen LogP contribution in [0.1, 0.15) is 29.7 Å². The highest BCUT2D eigenvalue weighted by Gasteiger charge is 2.35. The van der Waals surface area contributed by atoms with Crippen LogP contribution in [0.15, 0.2) is 42.6 Å². The summed E-state index contributed by atoms with van der Waals surface area (Å²) >= 11 is 0. The van der Waals surface area contributed by atoms with Crippen LogP contribution in [0.4, 0.5) is 0 Å². The van der Waals surface area contributed by atoms with E-state index in [9.17, 15) is 0 Å². The Hall–Kier alpha value is -1.94. The lowest BCUT2D eigenvalue weighted by atomic mass is 9.95. The Bertz CT molecular complexity index is 689. The highest BCUT2D eigenvalue weighted by molar-refractivity contribution is 5.21. The molecule has 1 aromatic carbocycles. The summed E-state index contributed by atoms with van der Waals surface area (Å²) in [5.41, 5.74) is 3.43. The quantitative estimate of drug-likeness (QED) is 0.768. The first-order valence-corrected chi connectivity index (χ1v) is 8.47. The van der Waals surface area contributed by atoms with Gasteiger partial charge >= 0.3 is 0 Å². The SMILES string of the molecule is Cc1ccc(Cn2cc(COCC3C[C@@H]4C=CC3C4)nn2)cc1. The summed E-state index contributed by atoms with van der Waals surface area (Å²) in [4.78, 5) is 0. The van der Waals surface area contributed by atoms with Crippen molar-refractivity contribution < 1.29 is 4.74 Å². The Morgan fingerprint density at radius 1 is 1.17 bits per heavy atom. The van der Waals surface area contributed by atoms with Crippen molar-refractivity contribution in [1.29, 1.82) is 0 Å². The van der Waals surface area contributed by atoms with Gasteiger partial charge in [-0.1, -0.05) is 47.2 Å². The number of nitrogens with zero attached hydrogens (tertiary/aromatic N) is 3. The number of allylic oxidation sites excluding steroid dienone is 2. The molecule has 1 saturated carbocycles. The van der Waals surface area contributed by atoms with Crippen LogP contribution in [0.5, 0.6) is 0 Å². The monoisotopic (exact) mass is 309 g/mol. The van der Waals surface area contributed by atoms with Gasteiger partial charge in [0.05, 0.1) is 26.0 Å². The number of hydrogen-bond donors (Lipinski definition) is 0. The molecule has 2 aliphatic rings. The first-order chi connectivity index (χ1) is 11.3. The molecule has 4 nitrogen and oxygen atoms in total. The van der Waals surface area contributed by atoms with Crippen molar-refractivity contribution in [2.24, 2.45) is 17.8 Å². The second-order valence-corrected chi connectivity index (χ2v) is 6.95. The summed E-state index contributed by atoms with van der Waals surface area (Å²) in [6.07, 6.45) is 9.36. The van der Waals surface area contributed by atoms with Gasteiger partial charge in [0.25, 0.3) is 0 Å². The van der Waals surface area contributed by atoms with Crippen LogP contribution in [0, 0.1) is 24.7 Å². The van der Waals surface area contributed by atoms with Gasteiger partial charge in [-0.15, -0.1) is 5.10 Å². The first-order valence-electron chi connectivity index (χ1n) is 8.47. The van der Waals surface area contributed by atoms with Crippen molar-refractivity contribution in [2.75, 3.05) is 6.61 Å². The topological polar surface area (TPSA) is 39.9 Å². The lowest BCUT2D eigenvalue weighted by Crippen LogP contribution is -2.14. The van der Waals surface area contributed by atoms with Crippen LogP contribution in [0.2, 0.25) is 0 Å². The van der Waals surface area contributed by atoms with Gasteiger partial charge in [0.1, 0.15) is 5.69 Å². The van der Waals surface area contributed by atoms with Crippen molar-refractivity contribution in [3.63, 3.8) is 0 Å². The molecule has 2 bridgehead atoms. The summed E-state index contributed by atoms with van der Waals surface area (Å²) in [6.45, 7) is 4.26. The maximum absolute atomic E-state index is 5.89. The number of aromatic nitrogens is 3. The van der Waals surface area contributed by atoms with Gasteiger partial charge in [-0.3, -0.25) is 0 Å². The largest absolute Gasteiger partial charge is 0.375 e. The standard InChI is InChI=1S/C19H23N3O/c1-14-2-4-15(5-3-14)10-22-11-19(20-21-22)13-23-12-18-9-16-6-7-17(18)8-16/h2-7,11,16-18H,8-10,12-13H2,1H3/t16-,17?,18?/m1/s1. The van der Waals surface area contributed by atoms with Crippen molar-refractivity contribution in [1.82, 2.24) is 15.0 Å². The van der Waals surface area contributed by atoms with Gasteiger partial charge in [-0.25, -0.2) is 4.68 Å². The molecular formula is C19H23N3O. The number of hydrogen-bond acceptors (Lipinski definition) is 3. The Labute approximate surface area is 137 Å². The number of fused-ring (bicyclic) bond motifs is 2. The highest BCUT2D eigenvalue weighted by atomic mass is 16.5. The van der Waals surface area contributed by atoms with Gasteiger partial charge in [0.2, 0.25) is 0 Å². The zero-order valence-corrected chi connectivity index (χ0v) is 13.6. The minimum atomic E-state index is 0.561. The van der Waals surface area contributed by atoms with Crippen LogP contribution < -0.4 is 0 Å². The molecule has 0 amide bonds. The lowest BCUT2D eigenvalue weighted by Gasteiger charge is -2.17. The van der Waals surface area contributed by atoms with Crippen molar-refractivity contribution >= 4 is 0 Å². The highest BCUT2D eigenvalue weighted by Crippen LogP contribution is 2.43. The van der Waals surface area contributed by atoms with E-state index in [-0.39, 0.29) is 0 Å². The third-order valence-corrected chi connectivity index (χ3v) is 5.05. The van der Waals surface area contributed by atoms with Crippen molar-refractivity contribution in [3.05, 3.63) is 59.4 Å². The molecule has 0 saturated heterocycles. The molecule has 2 aliphatic carbocycles. The molecule has 1 fully saturated rings. The number of rotatable bonds is 6. The van der Waals surface area contributed by atoms with Crippen LogP contribution in [0.25, 0.3) is 0 Å². The van der Waals surface area contributed by atoms with Crippen LogP contribution in [-0.2, 0) is 17.9 Å². The van der Waals surface area contributed by atoms with E-state index in [1.54, 1.807) is 0 Å². The Kier molecular flexibility index (Phi) is 4.00. The maximum Gasteiger partial charge on any atom is 0.108 e. The van der Waals surface area contributed by atoms with Crippen LogP contribution in [0.3, 0.4) is 0 Å². The van der Waals surface area contributed by atoms with Crippen molar-refractivity contribution in [2.45, 2.75) is 32.9 Å². The molecule has 4 rings (SSSR count).